The Morgan fingerprint density at radius 2 is 1.85 bits per heavy atom. The molecule has 0 spiro atoms. The molecule has 0 atom stereocenters. The Kier molecular flexibility index (Phi) is 6.34. The molecule has 0 bridgehead atoms. The van der Waals surface area contributed by atoms with Gasteiger partial charge in [0.15, 0.2) is 0 Å². The lowest BCUT2D eigenvalue weighted by molar-refractivity contribution is -0.116. The lowest BCUT2D eigenvalue weighted by Crippen LogP contribution is -2.38. The van der Waals surface area contributed by atoms with Crippen LogP contribution in [0, 0.1) is 0 Å². The second-order valence-electron chi connectivity index (χ2n) is 6.96. The molecular formula is C20H26N2O4S. The number of benzene rings is 1. The van der Waals surface area contributed by atoms with E-state index in [9.17, 15) is 13.2 Å². The van der Waals surface area contributed by atoms with Crippen LogP contribution in [-0.2, 0) is 21.2 Å². The summed E-state index contributed by atoms with van der Waals surface area (Å²) in [6.07, 6.45) is 7.57. The minimum Gasteiger partial charge on any atom is -0.469 e. The Morgan fingerprint density at radius 1 is 1.15 bits per heavy atom. The zero-order valence-corrected chi connectivity index (χ0v) is 16.4. The van der Waals surface area contributed by atoms with Crippen molar-refractivity contribution in [2.75, 3.05) is 12.4 Å². The Bertz CT molecular complexity index is 839. The third-order valence-corrected chi connectivity index (χ3v) is 7.01. The standard InChI is InChI=1S/C20H26N2O4S/c1-22(17-6-3-2-4-7-17)27(24,25)19-12-9-16(10-13-19)21-20(23)14-11-18-8-5-15-26-18/h5,8-10,12-13,15,17H,2-4,6-7,11,14H2,1H3,(H,21,23). The molecule has 1 aromatic heterocycles. The lowest BCUT2D eigenvalue weighted by atomic mass is 9.96. The van der Waals surface area contributed by atoms with Crippen molar-refractivity contribution in [2.24, 2.45) is 0 Å². The predicted molar refractivity (Wildman–Crippen MR) is 104 cm³/mol. The van der Waals surface area contributed by atoms with Crippen LogP contribution in [0.4, 0.5) is 5.69 Å². The molecule has 7 heteroatoms. The normalized spacial score (nSPS) is 15.8. The van der Waals surface area contributed by atoms with Gasteiger partial charge in [-0.25, -0.2) is 8.42 Å². The maximum Gasteiger partial charge on any atom is 0.243 e. The SMILES string of the molecule is CN(C1CCCCC1)S(=O)(=O)c1ccc(NC(=O)CCc2ccco2)cc1. The van der Waals surface area contributed by atoms with Crippen LogP contribution >= 0.6 is 0 Å². The van der Waals surface area contributed by atoms with E-state index in [4.69, 9.17) is 4.42 Å². The second kappa shape index (κ2) is 8.71. The fourth-order valence-corrected chi connectivity index (χ4v) is 4.85. The molecule has 1 heterocycles. The van der Waals surface area contributed by atoms with Gasteiger partial charge in [-0.2, -0.15) is 4.31 Å². The molecule has 1 aliphatic rings. The van der Waals surface area contributed by atoms with Gasteiger partial charge in [-0.15, -0.1) is 0 Å². The van der Waals surface area contributed by atoms with E-state index in [1.165, 1.54) is 10.7 Å². The van der Waals surface area contributed by atoms with Crippen LogP contribution < -0.4 is 5.32 Å². The Hall–Kier alpha value is -2.12. The van der Waals surface area contributed by atoms with Crippen molar-refractivity contribution in [1.82, 2.24) is 4.31 Å². The first-order chi connectivity index (χ1) is 13.0. The number of nitrogens with one attached hydrogen (secondary N) is 1. The highest BCUT2D eigenvalue weighted by atomic mass is 32.2. The van der Waals surface area contributed by atoms with Crippen LogP contribution in [0.5, 0.6) is 0 Å². The topological polar surface area (TPSA) is 79.6 Å². The van der Waals surface area contributed by atoms with E-state index in [2.05, 4.69) is 5.32 Å². The molecule has 27 heavy (non-hydrogen) atoms. The molecule has 0 unspecified atom stereocenters. The van der Waals surface area contributed by atoms with Crippen molar-refractivity contribution in [3.63, 3.8) is 0 Å². The van der Waals surface area contributed by atoms with Crippen molar-refractivity contribution < 1.29 is 17.6 Å². The summed E-state index contributed by atoms with van der Waals surface area (Å²) in [7, 11) is -1.85. The third-order valence-electron chi connectivity index (χ3n) is 5.08. The molecule has 1 fully saturated rings. The molecule has 1 amide bonds. The van der Waals surface area contributed by atoms with Crippen molar-refractivity contribution in [3.05, 3.63) is 48.4 Å². The summed E-state index contributed by atoms with van der Waals surface area (Å²) in [5.74, 6) is 0.624. The first-order valence-corrected chi connectivity index (χ1v) is 10.8. The van der Waals surface area contributed by atoms with Crippen LogP contribution in [0.2, 0.25) is 0 Å². The number of sulfonamides is 1. The first-order valence-electron chi connectivity index (χ1n) is 9.37. The van der Waals surface area contributed by atoms with Crippen LogP contribution in [-0.4, -0.2) is 31.7 Å². The van der Waals surface area contributed by atoms with Gasteiger partial charge in [0.25, 0.3) is 0 Å². The van der Waals surface area contributed by atoms with Crippen LogP contribution in [0.3, 0.4) is 0 Å². The molecule has 0 aliphatic heterocycles. The largest absolute Gasteiger partial charge is 0.469 e. The lowest BCUT2D eigenvalue weighted by Gasteiger charge is -2.30. The molecule has 2 aromatic rings. The number of carbonyl (C=O) groups is 1. The quantitative estimate of drug-likeness (QED) is 0.780. The van der Waals surface area contributed by atoms with Gasteiger partial charge in [0.1, 0.15) is 5.76 Å². The molecule has 0 radical (unpaired) electrons. The third kappa shape index (κ3) is 4.99. The molecule has 6 nitrogen and oxygen atoms in total. The smallest absolute Gasteiger partial charge is 0.243 e. The van der Waals surface area contributed by atoms with Gasteiger partial charge in [-0.1, -0.05) is 19.3 Å². The van der Waals surface area contributed by atoms with Gasteiger partial charge in [-0.05, 0) is 49.2 Å². The number of hydrogen-bond acceptors (Lipinski definition) is 4. The van der Waals surface area contributed by atoms with E-state index in [-0.39, 0.29) is 16.8 Å². The Labute approximate surface area is 160 Å². The van der Waals surface area contributed by atoms with Crippen LogP contribution in [0.1, 0.15) is 44.3 Å². The van der Waals surface area contributed by atoms with Gasteiger partial charge < -0.3 is 9.73 Å². The maximum absolute atomic E-state index is 12.8. The minimum atomic E-state index is -3.52. The summed E-state index contributed by atoms with van der Waals surface area (Å²) in [6.45, 7) is 0. The minimum absolute atomic E-state index is 0.0738. The van der Waals surface area contributed by atoms with Crippen molar-refractivity contribution in [1.29, 1.82) is 0 Å². The summed E-state index contributed by atoms with van der Waals surface area (Å²) in [4.78, 5) is 12.3. The summed E-state index contributed by atoms with van der Waals surface area (Å²) in [5.41, 5.74) is 0.582. The number of nitrogens with zero attached hydrogens (tertiary/aromatic N) is 1. The van der Waals surface area contributed by atoms with E-state index in [1.807, 2.05) is 6.07 Å². The molecule has 3 rings (SSSR count). The monoisotopic (exact) mass is 390 g/mol. The highest BCUT2D eigenvalue weighted by molar-refractivity contribution is 7.89. The average Bonchev–Trinajstić information content (AvgIpc) is 3.20. The van der Waals surface area contributed by atoms with E-state index in [0.29, 0.717) is 18.5 Å². The number of anilines is 1. The van der Waals surface area contributed by atoms with E-state index < -0.39 is 10.0 Å². The molecule has 1 aliphatic carbocycles. The van der Waals surface area contributed by atoms with E-state index >= 15 is 0 Å². The van der Waals surface area contributed by atoms with Crippen LogP contribution in [0.15, 0.2) is 52.0 Å². The fraction of sp³-hybridized carbons (Fsp3) is 0.450. The second-order valence-corrected chi connectivity index (χ2v) is 8.96. The van der Waals surface area contributed by atoms with Gasteiger partial charge in [0, 0.05) is 31.6 Å². The summed E-state index contributed by atoms with van der Waals surface area (Å²) in [5, 5.41) is 2.79. The predicted octanol–water partition coefficient (Wildman–Crippen LogP) is 3.80. The van der Waals surface area contributed by atoms with Gasteiger partial charge in [0.2, 0.25) is 15.9 Å². The highest BCUT2D eigenvalue weighted by Gasteiger charge is 2.28. The van der Waals surface area contributed by atoms with E-state index in [0.717, 1.165) is 31.4 Å². The highest BCUT2D eigenvalue weighted by Crippen LogP contribution is 2.27. The molecular weight excluding hydrogens is 364 g/mol. The van der Waals surface area contributed by atoms with Crippen molar-refractivity contribution >= 4 is 21.6 Å². The number of hydrogen-bond donors (Lipinski definition) is 1. The number of amides is 1. The molecule has 1 N–H and O–H groups in total. The summed E-state index contributed by atoms with van der Waals surface area (Å²) < 4.78 is 32.4. The Morgan fingerprint density at radius 3 is 2.48 bits per heavy atom. The zero-order chi connectivity index (χ0) is 19.3. The van der Waals surface area contributed by atoms with E-state index in [1.54, 1.807) is 43.6 Å². The van der Waals surface area contributed by atoms with Crippen molar-refractivity contribution in [3.8, 4) is 0 Å². The number of carbonyl (C=O) groups excluding carboxylic acids is 1. The van der Waals surface area contributed by atoms with Gasteiger partial charge in [0.05, 0.1) is 11.2 Å². The Balaban J connectivity index is 1.59. The van der Waals surface area contributed by atoms with Gasteiger partial charge in [-0.3, -0.25) is 4.79 Å². The van der Waals surface area contributed by atoms with Crippen LogP contribution in [0.25, 0.3) is 0 Å². The zero-order valence-electron chi connectivity index (χ0n) is 15.6. The molecule has 1 aromatic carbocycles. The average molecular weight is 391 g/mol. The van der Waals surface area contributed by atoms with Gasteiger partial charge >= 0.3 is 0 Å². The number of aryl methyl sites for hydroxylation is 1. The summed E-state index contributed by atoms with van der Waals surface area (Å²) >= 11 is 0. The molecule has 0 saturated heterocycles. The molecule has 1 saturated carbocycles. The molecule has 146 valence electrons. The first kappa shape index (κ1) is 19.6. The maximum atomic E-state index is 12.8. The van der Waals surface area contributed by atoms with Crippen molar-refractivity contribution in [2.45, 2.75) is 55.9 Å². The fourth-order valence-electron chi connectivity index (χ4n) is 3.43. The number of furan rings is 1. The number of rotatable bonds is 7. The summed E-state index contributed by atoms with van der Waals surface area (Å²) in [6, 6.07) is 10.1.